The van der Waals surface area contributed by atoms with Crippen LogP contribution in [0.5, 0.6) is 0 Å². The summed E-state index contributed by atoms with van der Waals surface area (Å²) >= 11 is 3.25. The van der Waals surface area contributed by atoms with Gasteiger partial charge in [-0.25, -0.2) is 13.4 Å². The molecule has 0 unspecified atom stereocenters. The Morgan fingerprint density at radius 2 is 1.77 bits per heavy atom. The standard InChI is InChI=1S/C16H13BrN2O2S/c1-18-16-10-12(9-15(17)19-16)22(20,21)14-8-4-6-11-5-2-3-7-13(11)14/h2-10H,1H3,(H,18,19). The average molecular weight is 377 g/mol. The molecule has 0 aliphatic rings. The lowest BCUT2D eigenvalue weighted by Gasteiger charge is -2.10. The van der Waals surface area contributed by atoms with Gasteiger partial charge in [-0.1, -0.05) is 36.4 Å². The highest BCUT2D eigenvalue weighted by Crippen LogP contribution is 2.30. The molecule has 0 atom stereocenters. The Balaban J connectivity index is 2.27. The van der Waals surface area contributed by atoms with Crippen molar-refractivity contribution in [3.05, 3.63) is 59.2 Å². The highest BCUT2D eigenvalue weighted by atomic mass is 79.9. The Labute approximate surface area is 137 Å². The summed E-state index contributed by atoms with van der Waals surface area (Å²) in [5.74, 6) is 0.494. The Morgan fingerprint density at radius 1 is 1.05 bits per heavy atom. The summed E-state index contributed by atoms with van der Waals surface area (Å²) in [4.78, 5) is 4.66. The predicted molar refractivity (Wildman–Crippen MR) is 90.9 cm³/mol. The predicted octanol–water partition coefficient (Wildman–Crippen LogP) is 3.87. The van der Waals surface area contributed by atoms with Gasteiger partial charge in [-0.2, -0.15) is 0 Å². The van der Waals surface area contributed by atoms with Crippen LogP contribution in [0.25, 0.3) is 10.8 Å². The number of aromatic nitrogens is 1. The number of halogens is 1. The summed E-state index contributed by atoms with van der Waals surface area (Å²) in [5, 5.41) is 4.47. The number of sulfone groups is 1. The van der Waals surface area contributed by atoms with E-state index in [-0.39, 0.29) is 4.90 Å². The third kappa shape index (κ3) is 2.60. The lowest BCUT2D eigenvalue weighted by Crippen LogP contribution is -2.05. The van der Waals surface area contributed by atoms with Crippen LogP contribution in [0.2, 0.25) is 0 Å². The van der Waals surface area contributed by atoms with Crippen LogP contribution in [0.3, 0.4) is 0 Å². The van der Waals surface area contributed by atoms with Crippen molar-refractivity contribution in [2.45, 2.75) is 9.79 Å². The van der Waals surface area contributed by atoms with Gasteiger partial charge in [-0.3, -0.25) is 0 Å². The number of nitrogens with one attached hydrogen (secondary N) is 1. The van der Waals surface area contributed by atoms with E-state index in [1.54, 1.807) is 19.2 Å². The highest BCUT2D eigenvalue weighted by molar-refractivity contribution is 9.10. The van der Waals surface area contributed by atoms with E-state index in [9.17, 15) is 8.42 Å². The maximum Gasteiger partial charge on any atom is 0.207 e. The minimum Gasteiger partial charge on any atom is -0.373 e. The second-order valence-electron chi connectivity index (χ2n) is 4.74. The van der Waals surface area contributed by atoms with Gasteiger partial charge in [-0.15, -0.1) is 0 Å². The zero-order chi connectivity index (χ0) is 15.7. The van der Waals surface area contributed by atoms with Gasteiger partial charge in [0.25, 0.3) is 0 Å². The van der Waals surface area contributed by atoms with Crippen molar-refractivity contribution >= 4 is 42.4 Å². The fraction of sp³-hybridized carbons (Fsp3) is 0.0625. The first-order valence-corrected chi connectivity index (χ1v) is 8.88. The number of rotatable bonds is 3. The number of nitrogens with zero attached hydrogens (tertiary/aromatic N) is 1. The van der Waals surface area contributed by atoms with E-state index in [1.807, 2.05) is 30.3 Å². The molecule has 0 aliphatic heterocycles. The van der Waals surface area contributed by atoms with Crippen LogP contribution >= 0.6 is 15.9 Å². The van der Waals surface area contributed by atoms with E-state index in [1.165, 1.54) is 12.1 Å². The van der Waals surface area contributed by atoms with Gasteiger partial charge in [0, 0.05) is 12.4 Å². The fourth-order valence-electron chi connectivity index (χ4n) is 2.31. The summed E-state index contributed by atoms with van der Waals surface area (Å²) in [5.41, 5.74) is 0. The lowest BCUT2D eigenvalue weighted by atomic mass is 10.1. The monoisotopic (exact) mass is 376 g/mol. The van der Waals surface area contributed by atoms with Gasteiger partial charge in [0.15, 0.2) is 0 Å². The fourth-order valence-corrected chi connectivity index (χ4v) is 4.42. The average Bonchev–Trinajstić information content (AvgIpc) is 2.53. The Morgan fingerprint density at radius 3 is 2.55 bits per heavy atom. The van der Waals surface area contributed by atoms with Gasteiger partial charge in [0.05, 0.1) is 9.79 Å². The van der Waals surface area contributed by atoms with E-state index in [4.69, 9.17) is 0 Å². The molecule has 1 N–H and O–H groups in total. The van der Waals surface area contributed by atoms with Gasteiger partial charge < -0.3 is 5.32 Å². The van der Waals surface area contributed by atoms with Gasteiger partial charge in [-0.05, 0) is 39.5 Å². The third-order valence-corrected chi connectivity index (χ3v) is 5.57. The van der Waals surface area contributed by atoms with E-state index >= 15 is 0 Å². The minimum atomic E-state index is -3.63. The minimum absolute atomic E-state index is 0.204. The normalized spacial score (nSPS) is 11.5. The van der Waals surface area contributed by atoms with Crippen molar-refractivity contribution in [1.29, 1.82) is 0 Å². The van der Waals surface area contributed by atoms with Crippen molar-refractivity contribution in [1.82, 2.24) is 4.98 Å². The number of hydrogen-bond donors (Lipinski definition) is 1. The second-order valence-corrected chi connectivity index (χ2v) is 7.47. The van der Waals surface area contributed by atoms with E-state index in [0.717, 1.165) is 5.39 Å². The summed E-state index contributed by atoms with van der Waals surface area (Å²) in [7, 11) is -1.93. The summed E-state index contributed by atoms with van der Waals surface area (Å²) in [6.07, 6.45) is 0. The van der Waals surface area contributed by atoms with Crippen LogP contribution in [0, 0.1) is 0 Å². The number of benzene rings is 2. The molecule has 0 saturated carbocycles. The molecule has 3 rings (SSSR count). The Hall–Kier alpha value is -1.92. The number of hydrogen-bond acceptors (Lipinski definition) is 4. The Bertz CT molecular complexity index is 950. The molecule has 0 amide bonds. The van der Waals surface area contributed by atoms with Crippen LogP contribution < -0.4 is 5.32 Å². The molecule has 2 aromatic carbocycles. The zero-order valence-electron chi connectivity index (χ0n) is 11.7. The molecule has 0 radical (unpaired) electrons. The molecule has 112 valence electrons. The van der Waals surface area contributed by atoms with Crippen LogP contribution in [-0.4, -0.2) is 20.4 Å². The molecule has 6 heteroatoms. The van der Waals surface area contributed by atoms with E-state index in [0.29, 0.717) is 20.7 Å². The molecule has 22 heavy (non-hydrogen) atoms. The SMILES string of the molecule is CNc1cc(S(=O)(=O)c2cccc3ccccc23)cc(Br)n1. The smallest absolute Gasteiger partial charge is 0.207 e. The molecule has 0 saturated heterocycles. The van der Waals surface area contributed by atoms with Crippen LogP contribution in [0.4, 0.5) is 5.82 Å². The molecule has 1 heterocycles. The van der Waals surface area contributed by atoms with Crippen molar-refractivity contribution in [3.63, 3.8) is 0 Å². The van der Waals surface area contributed by atoms with Gasteiger partial charge in [0.2, 0.25) is 9.84 Å². The van der Waals surface area contributed by atoms with E-state index in [2.05, 4.69) is 26.2 Å². The first-order chi connectivity index (χ1) is 10.5. The summed E-state index contributed by atoms with van der Waals surface area (Å²) < 4.78 is 26.5. The maximum absolute atomic E-state index is 13.0. The topological polar surface area (TPSA) is 59.1 Å². The van der Waals surface area contributed by atoms with Crippen LogP contribution in [0.1, 0.15) is 0 Å². The van der Waals surface area contributed by atoms with E-state index < -0.39 is 9.84 Å². The molecule has 0 aliphatic carbocycles. The van der Waals surface area contributed by atoms with Gasteiger partial charge >= 0.3 is 0 Å². The third-order valence-electron chi connectivity index (χ3n) is 3.37. The van der Waals surface area contributed by atoms with Crippen molar-refractivity contribution < 1.29 is 8.42 Å². The van der Waals surface area contributed by atoms with Crippen LogP contribution in [-0.2, 0) is 9.84 Å². The van der Waals surface area contributed by atoms with Crippen molar-refractivity contribution in [2.75, 3.05) is 12.4 Å². The molecule has 0 bridgehead atoms. The molecule has 0 fully saturated rings. The summed E-state index contributed by atoms with van der Waals surface area (Å²) in [6.45, 7) is 0. The molecule has 1 aromatic heterocycles. The van der Waals surface area contributed by atoms with Gasteiger partial charge in [0.1, 0.15) is 10.4 Å². The Kier molecular flexibility index (Phi) is 3.88. The molecular formula is C16H13BrN2O2S. The van der Waals surface area contributed by atoms with Crippen molar-refractivity contribution in [3.8, 4) is 0 Å². The molecule has 0 spiro atoms. The summed E-state index contributed by atoms with van der Waals surface area (Å²) in [6, 6.07) is 15.8. The first-order valence-electron chi connectivity index (χ1n) is 6.60. The zero-order valence-corrected chi connectivity index (χ0v) is 14.1. The molecule has 4 nitrogen and oxygen atoms in total. The van der Waals surface area contributed by atoms with Crippen LogP contribution in [0.15, 0.2) is 69.0 Å². The molecular weight excluding hydrogens is 364 g/mol. The first kappa shape index (κ1) is 15.0. The maximum atomic E-state index is 13.0. The second kappa shape index (κ2) is 5.70. The largest absolute Gasteiger partial charge is 0.373 e. The lowest BCUT2D eigenvalue weighted by molar-refractivity contribution is 0.596. The van der Waals surface area contributed by atoms with Crippen molar-refractivity contribution in [2.24, 2.45) is 0 Å². The quantitative estimate of drug-likeness (QED) is 0.704. The molecule has 3 aromatic rings. The highest BCUT2D eigenvalue weighted by Gasteiger charge is 2.21. The number of anilines is 1. The number of fused-ring (bicyclic) bond motifs is 1. The number of pyridine rings is 1.